The maximum absolute atomic E-state index is 8.57. The molecule has 2 aliphatic heterocycles. The Morgan fingerprint density at radius 2 is 1.96 bits per heavy atom. The molecule has 1 saturated carbocycles. The number of piperidine rings is 1. The molecule has 5 heteroatoms. The lowest BCUT2D eigenvalue weighted by molar-refractivity contribution is 0.227. The average molecular weight is 676 g/mol. The van der Waals surface area contributed by atoms with Gasteiger partial charge in [0.15, 0.2) is 0 Å². The lowest BCUT2D eigenvalue weighted by atomic mass is 9.75. The van der Waals surface area contributed by atoms with Gasteiger partial charge in [-0.3, -0.25) is 4.99 Å². The summed E-state index contributed by atoms with van der Waals surface area (Å²) in [5, 5.41) is 16.0. The van der Waals surface area contributed by atoms with Gasteiger partial charge in [0, 0.05) is 48.4 Å². The minimum absolute atomic E-state index is 0.0674. The number of nitrogens with one attached hydrogen (secondary N) is 3. The SMILES string of the molecule is C=CC1C=CC(CCC(=N)C2=CCCNC2)=CC1/N=C/C1C=C([C@@H]2CCCC(/C=C3\C=CCCC3C(N)CCC3CCCC[C@@H]3C)N2)C=CC1. The molecule has 0 amide bonds. The highest BCUT2D eigenvalue weighted by Gasteiger charge is 2.29. The second-order valence-corrected chi connectivity index (χ2v) is 16.1. The topological polar surface area (TPSA) is 86.3 Å². The van der Waals surface area contributed by atoms with Crippen molar-refractivity contribution in [3.63, 3.8) is 0 Å². The van der Waals surface area contributed by atoms with Gasteiger partial charge in [-0.2, -0.15) is 0 Å². The Hall–Kier alpha value is -2.86. The molecule has 7 unspecified atom stereocenters. The summed E-state index contributed by atoms with van der Waals surface area (Å²) in [7, 11) is 0. The number of hydrogen-bond acceptors (Lipinski definition) is 5. The summed E-state index contributed by atoms with van der Waals surface area (Å²) in [6.07, 6.45) is 45.4. The van der Waals surface area contributed by atoms with Crippen molar-refractivity contribution >= 4 is 11.9 Å². The molecule has 2 fully saturated rings. The Labute approximate surface area is 303 Å². The highest BCUT2D eigenvalue weighted by Crippen LogP contribution is 2.36. The van der Waals surface area contributed by atoms with Gasteiger partial charge in [-0.15, -0.1) is 6.58 Å². The van der Waals surface area contributed by atoms with E-state index in [1.165, 1.54) is 74.5 Å². The monoisotopic (exact) mass is 676 g/mol. The van der Waals surface area contributed by atoms with Crippen LogP contribution in [0.15, 0.2) is 101 Å². The Bertz CT molecular complexity index is 1420. The van der Waals surface area contributed by atoms with E-state index in [1.807, 2.05) is 6.08 Å². The summed E-state index contributed by atoms with van der Waals surface area (Å²) in [4.78, 5) is 5.15. The molecule has 0 aromatic heterocycles. The van der Waals surface area contributed by atoms with Crippen LogP contribution >= 0.6 is 0 Å². The zero-order valence-corrected chi connectivity index (χ0v) is 30.9. The molecular weight excluding hydrogens is 611 g/mol. The van der Waals surface area contributed by atoms with Crippen LogP contribution in [-0.2, 0) is 0 Å². The van der Waals surface area contributed by atoms with Crippen LogP contribution in [0.4, 0.5) is 0 Å². The molecular formula is C45H65N5. The molecule has 0 radical (unpaired) electrons. The van der Waals surface area contributed by atoms with Crippen LogP contribution in [0.5, 0.6) is 0 Å². The van der Waals surface area contributed by atoms with E-state index in [2.05, 4.69) is 91.1 Å². The molecule has 2 heterocycles. The predicted octanol–water partition coefficient (Wildman–Crippen LogP) is 9.28. The van der Waals surface area contributed by atoms with Crippen molar-refractivity contribution in [2.75, 3.05) is 13.1 Å². The molecule has 6 rings (SSSR count). The van der Waals surface area contributed by atoms with Crippen molar-refractivity contribution in [3.8, 4) is 0 Å². The van der Waals surface area contributed by atoms with Gasteiger partial charge in [0.25, 0.3) is 0 Å². The second-order valence-electron chi connectivity index (χ2n) is 16.1. The first-order chi connectivity index (χ1) is 24.5. The molecule has 5 nitrogen and oxygen atoms in total. The lowest BCUT2D eigenvalue weighted by Gasteiger charge is -2.35. The van der Waals surface area contributed by atoms with E-state index in [1.54, 1.807) is 0 Å². The molecule has 0 bridgehead atoms. The van der Waals surface area contributed by atoms with E-state index < -0.39 is 0 Å². The van der Waals surface area contributed by atoms with E-state index >= 15 is 0 Å². The van der Waals surface area contributed by atoms with Gasteiger partial charge in [0.1, 0.15) is 0 Å². The van der Waals surface area contributed by atoms with Crippen LogP contribution in [0.1, 0.15) is 103 Å². The van der Waals surface area contributed by atoms with Crippen LogP contribution in [0.2, 0.25) is 0 Å². The quantitative estimate of drug-likeness (QED) is 0.116. The van der Waals surface area contributed by atoms with Gasteiger partial charge in [0.05, 0.1) is 6.04 Å². The maximum atomic E-state index is 8.57. The third-order valence-corrected chi connectivity index (χ3v) is 12.5. The summed E-state index contributed by atoms with van der Waals surface area (Å²) in [6.45, 7) is 8.41. The van der Waals surface area contributed by atoms with Gasteiger partial charge >= 0.3 is 0 Å². The van der Waals surface area contributed by atoms with E-state index in [0.717, 1.165) is 74.7 Å². The summed E-state index contributed by atoms with van der Waals surface area (Å²) >= 11 is 0. The summed E-state index contributed by atoms with van der Waals surface area (Å²) in [5.41, 5.74) is 13.1. The number of nitrogens with two attached hydrogens (primary N) is 1. The van der Waals surface area contributed by atoms with Gasteiger partial charge in [-0.1, -0.05) is 99.4 Å². The van der Waals surface area contributed by atoms with Gasteiger partial charge in [0.2, 0.25) is 0 Å². The van der Waals surface area contributed by atoms with E-state index in [-0.39, 0.29) is 18.0 Å². The second kappa shape index (κ2) is 18.6. The fourth-order valence-electron chi connectivity index (χ4n) is 9.29. The minimum Gasteiger partial charge on any atom is -0.327 e. The van der Waals surface area contributed by atoms with E-state index in [0.29, 0.717) is 23.9 Å². The molecule has 5 N–H and O–H groups in total. The molecule has 0 aromatic carbocycles. The summed E-state index contributed by atoms with van der Waals surface area (Å²) < 4.78 is 0. The Morgan fingerprint density at radius 3 is 2.80 bits per heavy atom. The highest BCUT2D eigenvalue weighted by molar-refractivity contribution is 5.98. The zero-order chi connectivity index (χ0) is 34.7. The highest BCUT2D eigenvalue weighted by atomic mass is 15.0. The molecule has 6 aliphatic rings. The molecule has 1 saturated heterocycles. The Morgan fingerprint density at radius 1 is 1.06 bits per heavy atom. The van der Waals surface area contributed by atoms with Gasteiger partial charge in [-0.05, 0) is 117 Å². The van der Waals surface area contributed by atoms with Gasteiger partial charge in [-0.25, -0.2) is 0 Å². The third kappa shape index (κ3) is 10.1. The Balaban J connectivity index is 1.05. The number of rotatable bonds is 13. The molecule has 4 aliphatic carbocycles. The van der Waals surface area contributed by atoms with Crippen molar-refractivity contribution in [1.29, 1.82) is 5.41 Å². The number of aliphatic imine (C=N–C) groups is 1. The number of hydrogen-bond donors (Lipinski definition) is 4. The van der Waals surface area contributed by atoms with Crippen molar-refractivity contribution in [2.24, 2.45) is 40.3 Å². The standard InChI is InChI=1S/C45H65N5/c1-3-35-22-20-33(21-24-42(46)39-16-10-26-48-31-39)28-45(35)49-30-34-12-8-15-38(27-34)44-19-9-17-40(50-44)29-37-14-6-7-18-41(37)43(47)25-23-36-13-5-4-11-32(36)2/h3,6,8,14-16,20,22,27-30,32,34-36,40-41,43-46,48,50H,1,4-5,7,9-13,17-19,21,23-26,31,47H2,2H3/b37-29+,46-42?,49-30+/t32-,34?,35?,36?,40?,41?,43?,44-,45?/m0/s1. The van der Waals surface area contributed by atoms with Crippen LogP contribution < -0.4 is 16.4 Å². The number of nitrogens with zero attached hydrogens (tertiary/aromatic N) is 1. The maximum Gasteiger partial charge on any atom is 0.0779 e. The molecule has 0 aromatic rings. The van der Waals surface area contributed by atoms with E-state index in [4.69, 9.17) is 16.1 Å². The first kappa shape index (κ1) is 36.9. The predicted molar refractivity (Wildman–Crippen MR) is 214 cm³/mol. The van der Waals surface area contributed by atoms with Crippen molar-refractivity contribution in [1.82, 2.24) is 10.6 Å². The smallest absolute Gasteiger partial charge is 0.0779 e. The van der Waals surface area contributed by atoms with Crippen LogP contribution in [-0.4, -0.2) is 49.2 Å². The van der Waals surface area contributed by atoms with Gasteiger partial charge < -0.3 is 21.8 Å². The lowest BCUT2D eigenvalue weighted by Crippen LogP contribution is -2.43. The first-order valence-electron chi connectivity index (χ1n) is 20.3. The first-order valence-corrected chi connectivity index (χ1v) is 20.3. The van der Waals surface area contributed by atoms with Crippen molar-refractivity contribution in [3.05, 3.63) is 95.7 Å². The van der Waals surface area contributed by atoms with E-state index in [9.17, 15) is 0 Å². The molecule has 0 spiro atoms. The zero-order valence-electron chi connectivity index (χ0n) is 30.9. The molecule has 9 atom stereocenters. The molecule has 50 heavy (non-hydrogen) atoms. The molecule has 270 valence electrons. The van der Waals surface area contributed by atoms with Crippen LogP contribution in [0, 0.1) is 35.0 Å². The average Bonchev–Trinajstić information content (AvgIpc) is 3.16. The third-order valence-electron chi connectivity index (χ3n) is 12.5. The van der Waals surface area contributed by atoms with Crippen LogP contribution in [0.3, 0.4) is 0 Å². The summed E-state index contributed by atoms with van der Waals surface area (Å²) in [6, 6.07) is 1.10. The fourth-order valence-corrected chi connectivity index (χ4v) is 9.29. The normalized spacial score (nSPS) is 34.7. The largest absolute Gasteiger partial charge is 0.327 e. The van der Waals surface area contributed by atoms with Crippen molar-refractivity contribution in [2.45, 2.75) is 127 Å². The summed E-state index contributed by atoms with van der Waals surface area (Å²) in [5.74, 6) is 2.74. The minimum atomic E-state index is 0.0674. The van der Waals surface area contributed by atoms with Crippen LogP contribution in [0.25, 0.3) is 0 Å². The van der Waals surface area contributed by atoms with Crippen molar-refractivity contribution < 1.29 is 0 Å². The number of allylic oxidation sites excluding steroid dienone is 6. The fraction of sp³-hybridized carbons (Fsp3) is 0.600. The Kier molecular flexibility index (Phi) is 13.7.